The molecule has 2 heterocycles. The average Bonchev–Trinajstić information content (AvgIpc) is 3.75. The molecule has 1 aromatic heterocycles. The van der Waals surface area contributed by atoms with Crippen LogP contribution in [0, 0.1) is 11.6 Å². The van der Waals surface area contributed by atoms with Gasteiger partial charge in [0.2, 0.25) is 0 Å². The molecule has 2 N–H and O–H groups in total. The van der Waals surface area contributed by atoms with Crippen LogP contribution in [0.15, 0.2) is 53.4 Å². The SMILES string of the molecule is C[C@H]1COCCN1c1cc(C2(S(=O)(=O)c3c(F)cccc3F)CC2)nc(-c2ccc(NC(=O)NCC(F)F)cc2)n1. The van der Waals surface area contributed by atoms with E-state index in [1.165, 1.54) is 12.1 Å². The van der Waals surface area contributed by atoms with Gasteiger partial charge in [-0.1, -0.05) is 6.07 Å². The van der Waals surface area contributed by atoms with Gasteiger partial charge >= 0.3 is 6.03 Å². The van der Waals surface area contributed by atoms with Crippen molar-refractivity contribution in [3.63, 3.8) is 0 Å². The highest BCUT2D eigenvalue weighted by Crippen LogP contribution is 2.55. The molecule has 41 heavy (non-hydrogen) atoms. The first-order chi connectivity index (χ1) is 19.5. The van der Waals surface area contributed by atoms with E-state index in [2.05, 4.69) is 15.3 Å². The number of rotatable bonds is 8. The van der Waals surface area contributed by atoms with Crippen LogP contribution < -0.4 is 15.5 Å². The Morgan fingerprint density at radius 3 is 2.41 bits per heavy atom. The van der Waals surface area contributed by atoms with Crippen molar-refractivity contribution >= 4 is 27.4 Å². The quantitative estimate of drug-likeness (QED) is 0.370. The number of ether oxygens (including phenoxy) is 1. The van der Waals surface area contributed by atoms with Crippen LogP contribution in [0.5, 0.6) is 0 Å². The summed E-state index contributed by atoms with van der Waals surface area (Å²) in [7, 11) is -4.52. The summed E-state index contributed by atoms with van der Waals surface area (Å²) in [6.07, 6.45) is -2.45. The lowest BCUT2D eigenvalue weighted by atomic mass is 10.1. The maximum Gasteiger partial charge on any atom is 0.319 e. The molecule has 218 valence electrons. The minimum Gasteiger partial charge on any atom is -0.377 e. The Morgan fingerprint density at radius 1 is 1.12 bits per heavy atom. The molecule has 2 fully saturated rings. The molecule has 0 bridgehead atoms. The summed E-state index contributed by atoms with van der Waals surface area (Å²) >= 11 is 0. The summed E-state index contributed by atoms with van der Waals surface area (Å²) in [5.74, 6) is -1.74. The zero-order chi connectivity index (χ0) is 29.4. The lowest BCUT2D eigenvalue weighted by Crippen LogP contribution is -2.44. The Bertz CT molecular complexity index is 1530. The van der Waals surface area contributed by atoms with E-state index in [1.54, 1.807) is 18.2 Å². The van der Waals surface area contributed by atoms with Crippen LogP contribution in [-0.4, -0.2) is 63.2 Å². The van der Waals surface area contributed by atoms with Gasteiger partial charge in [0.15, 0.2) is 15.7 Å². The molecule has 2 aliphatic rings. The molecule has 0 radical (unpaired) electrons. The van der Waals surface area contributed by atoms with E-state index in [1.807, 2.05) is 17.1 Å². The largest absolute Gasteiger partial charge is 0.377 e. The molecule has 1 saturated heterocycles. The molecule has 2 aromatic carbocycles. The third kappa shape index (κ3) is 5.71. The van der Waals surface area contributed by atoms with Gasteiger partial charge in [0.05, 0.1) is 31.5 Å². The topological polar surface area (TPSA) is 114 Å². The minimum atomic E-state index is -4.52. The Balaban J connectivity index is 1.54. The third-order valence-electron chi connectivity index (χ3n) is 7.07. The van der Waals surface area contributed by atoms with E-state index in [0.717, 1.165) is 18.2 Å². The Labute approximate surface area is 233 Å². The van der Waals surface area contributed by atoms with Crippen LogP contribution in [0.2, 0.25) is 0 Å². The van der Waals surface area contributed by atoms with Crippen molar-refractivity contribution in [3.8, 4) is 11.4 Å². The number of hydrogen-bond donors (Lipinski definition) is 2. The molecule has 5 rings (SSSR count). The van der Waals surface area contributed by atoms with Crippen LogP contribution in [0.3, 0.4) is 0 Å². The first-order valence-electron chi connectivity index (χ1n) is 12.9. The predicted octanol–water partition coefficient (Wildman–Crippen LogP) is 4.50. The fourth-order valence-corrected chi connectivity index (χ4v) is 6.83. The van der Waals surface area contributed by atoms with Crippen molar-refractivity contribution in [3.05, 3.63) is 65.9 Å². The van der Waals surface area contributed by atoms with Crippen LogP contribution in [-0.2, 0) is 19.3 Å². The second kappa shape index (κ2) is 11.2. The monoisotopic (exact) mass is 593 g/mol. The molecule has 9 nitrogen and oxygen atoms in total. The predicted molar refractivity (Wildman–Crippen MR) is 143 cm³/mol. The third-order valence-corrected chi connectivity index (χ3v) is 9.64. The lowest BCUT2D eigenvalue weighted by Gasteiger charge is -2.34. The zero-order valence-electron chi connectivity index (χ0n) is 21.9. The van der Waals surface area contributed by atoms with Gasteiger partial charge in [0.25, 0.3) is 6.43 Å². The first-order valence-corrected chi connectivity index (χ1v) is 14.4. The summed E-state index contributed by atoms with van der Waals surface area (Å²) in [6, 6.07) is 9.77. The number of aromatic nitrogens is 2. The highest BCUT2D eigenvalue weighted by Gasteiger charge is 2.59. The number of urea groups is 1. The summed E-state index contributed by atoms with van der Waals surface area (Å²) < 4.78 is 85.4. The van der Waals surface area contributed by atoms with E-state index in [-0.39, 0.29) is 30.4 Å². The van der Waals surface area contributed by atoms with Crippen molar-refractivity contribution < 1.29 is 35.5 Å². The maximum absolute atomic E-state index is 14.7. The van der Waals surface area contributed by atoms with E-state index in [0.29, 0.717) is 36.8 Å². The highest BCUT2D eigenvalue weighted by atomic mass is 32.2. The molecule has 0 spiro atoms. The number of amides is 2. The van der Waals surface area contributed by atoms with Crippen LogP contribution in [0.4, 0.5) is 33.9 Å². The smallest absolute Gasteiger partial charge is 0.319 e. The number of sulfone groups is 1. The molecule has 2 amide bonds. The minimum absolute atomic E-state index is 0.0894. The number of morpholine rings is 1. The molecule has 1 aliphatic carbocycles. The van der Waals surface area contributed by atoms with Gasteiger partial charge in [-0.3, -0.25) is 0 Å². The molecule has 14 heteroatoms. The number of anilines is 2. The number of benzene rings is 2. The Morgan fingerprint density at radius 2 is 1.80 bits per heavy atom. The van der Waals surface area contributed by atoms with E-state index >= 15 is 0 Å². The molecule has 1 saturated carbocycles. The molecule has 3 aromatic rings. The van der Waals surface area contributed by atoms with E-state index in [9.17, 15) is 30.8 Å². The van der Waals surface area contributed by atoms with Gasteiger partial charge in [0, 0.05) is 23.9 Å². The van der Waals surface area contributed by atoms with Gasteiger partial charge in [-0.05, 0) is 56.2 Å². The van der Waals surface area contributed by atoms with Crippen LogP contribution in [0.25, 0.3) is 11.4 Å². The fraction of sp³-hybridized carbons (Fsp3) is 0.370. The summed E-state index contributed by atoms with van der Waals surface area (Å²) in [6.45, 7) is 2.46. The van der Waals surface area contributed by atoms with Crippen molar-refractivity contribution in [1.29, 1.82) is 0 Å². The standard InChI is InChI=1S/C27H27F4N5O4S/c1-16-15-40-12-11-36(16)23-13-21(27(9-10-27)41(38,39)24-19(28)3-2-4-20(24)29)34-25(35-23)17-5-7-18(8-6-17)33-26(37)32-14-22(30)31/h2-8,13,16,22H,9-12,14-15H2,1H3,(H2,32,33,37)/t16-/m0/s1. The number of carbonyl (C=O) groups excluding carboxylic acids is 1. The maximum atomic E-state index is 14.7. The molecular formula is C27H27F4N5O4S. The number of hydrogen-bond acceptors (Lipinski definition) is 7. The van der Waals surface area contributed by atoms with Crippen molar-refractivity contribution in [2.24, 2.45) is 0 Å². The number of carbonyl (C=O) groups is 1. The van der Waals surface area contributed by atoms with Gasteiger partial charge in [-0.15, -0.1) is 0 Å². The zero-order valence-corrected chi connectivity index (χ0v) is 22.7. The molecule has 1 aliphatic heterocycles. The van der Waals surface area contributed by atoms with Gasteiger partial charge < -0.3 is 20.3 Å². The number of halogens is 4. The highest BCUT2D eigenvalue weighted by molar-refractivity contribution is 7.92. The molecular weight excluding hydrogens is 566 g/mol. The summed E-state index contributed by atoms with van der Waals surface area (Å²) in [5, 5.41) is 4.48. The molecule has 1 atom stereocenters. The van der Waals surface area contributed by atoms with E-state index < -0.39 is 50.1 Å². The second-order valence-corrected chi connectivity index (χ2v) is 12.1. The second-order valence-electron chi connectivity index (χ2n) is 9.90. The molecule has 0 unspecified atom stereocenters. The summed E-state index contributed by atoms with van der Waals surface area (Å²) in [5.41, 5.74) is 0.903. The van der Waals surface area contributed by atoms with Gasteiger partial charge in [-0.2, -0.15) is 0 Å². The fourth-order valence-electron chi connectivity index (χ4n) is 4.77. The van der Waals surface area contributed by atoms with Gasteiger partial charge in [0.1, 0.15) is 27.1 Å². The van der Waals surface area contributed by atoms with Crippen LogP contribution >= 0.6 is 0 Å². The van der Waals surface area contributed by atoms with Crippen LogP contribution in [0.1, 0.15) is 25.5 Å². The number of nitrogens with zero attached hydrogens (tertiary/aromatic N) is 3. The van der Waals surface area contributed by atoms with E-state index in [4.69, 9.17) is 4.74 Å². The Hall–Kier alpha value is -3.78. The Kier molecular flexibility index (Phi) is 7.88. The van der Waals surface area contributed by atoms with Crippen molar-refractivity contribution in [1.82, 2.24) is 15.3 Å². The number of nitrogens with one attached hydrogen (secondary N) is 2. The first kappa shape index (κ1) is 28.7. The summed E-state index contributed by atoms with van der Waals surface area (Å²) in [4.78, 5) is 22.1. The average molecular weight is 594 g/mol. The lowest BCUT2D eigenvalue weighted by molar-refractivity contribution is 0.0985. The van der Waals surface area contributed by atoms with Crippen molar-refractivity contribution in [2.75, 3.05) is 36.5 Å². The van der Waals surface area contributed by atoms with Gasteiger partial charge in [-0.25, -0.2) is 40.7 Å². The van der Waals surface area contributed by atoms with Crippen molar-refractivity contribution in [2.45, 2.75) is 41.9 Å². The number of alkyl halides is 2. The normalized spacial score (nSPS) is 18.3.